The molecule has 33 heavy (non-hydrogen) atoms. The lowest BCUT2D eigenvalue weighted by atomic mass is 10.1. The van der Waals surface area contributed by atoms with Crippen molar-refractivity contribution in [1.82, 2.24) is 9.80 Å². The Morgan fingerprint density at radius 2 is 1.55 bits per heavy atom. The standard InChI is InChI=1S/C23H27N3O5S2/c1-32-21-9-8-17(16-19(21)23(28)25-10-4-5-11-25)33(29,30)24-20-7-3-2-6-18(20)22(27)26-12-14-31-15-13-26/h2-3,6-9,16,24H,4-5,10-15H2,1H3. The first kappa shape index (κ1) is 23.6. The molecule has 0 bridgehead atoms. The van der Waals surface area contributed by atoms with Crippen LogP contribution in [0.4, 0.5) is 5.69 Å². The first-order chi connectivity index (χ1) is 15.9. The smallest absolute Gasteiger partial charge is 0.261 e. The molecule has 2 aromatic carbocycles. The summed E-state index contributed by atoms with van der Waals surface area (Å²) in [6, 6.07) is 11.1. The molecule has 2 saturated heterocycles. The quantitative estimate of drug-likeness (QED) is 0.627. The molecule has 0 spiro atoms. The van der Waals surface area contributed by atoms with Gasteiger partial charge in [-0.3, -0.25) is 14.3 Å². The van der Waals surface area contributed by atoms with E-state index in [9.17, 15) is 18.0 Å². The fourth-order valence-corrected chi connectivity index (χ4v) is 5.69. The molecule has 0 unspecified atom stereocenters. The van der Waals surface area contributed by atoms with Crippen LogP contribution in [-0.4, -0.2) is 75.7 Å². The Bertz CT molecular complexity index is 1140. The number of morpholine rings is 1. The van der Waals surface area contributed by atoms with E-state index in [4.69, 9.17) is 4.74 Å². The third kappa shape index (κ3) is 5.18. The van der Waals surface area contributed by atoms with Gasteiger partial charge in [0.05, 0.1) is 34.9 Å². The molecular weight excluding hydrogens is 462 g/mol. The zero-order valence-electron chi connectivity index (χ0n) is 18.5. The molecule has 2 aliphatic heterocycles. The number of sulfonamides is 1. The van der Waals surface area contributed by atoms with Gasteiger partial charge in [0, 0.05) is 31.1 Å². The third-order valence-electron chi connectivity index (χ3n) is 5.81. The van der Waals surface area contributed by atoms with E-state index in [1.165, 1.54) is 23.9 Å². The fraction of sp³-hybridized carbons (Fsp3) is 0.391. The number of thioether (sulfide) groups is 1. The monoisotopic (exact) mass is 489 g/mol. The van der Waals surface area contributed by atoms with Crippen molar-refractivity contribution in [3.05, 3.63) is 53.6 Å². The van der Waals surface area contributed by atoms with Crippen molar-refractivity contribution in [1.29, 1.82) is 0 Å². The van der Waals surface area contributed by atoms with Crippen molar-refractivity contribution in [3.8, 4) is 0 Å². The second-order valence-corrected chi connectivity index (χ2v) is 10.4. The maximum absolute atomic E-state index is 13.3. The highest BCUT2D eigenvalue weighted by Gasteiger charge is 2.26. The number of hydrogen-bond acceptors (Lipinski definition) is 6. The molecule has 0 aromatic heterocycles. The lowest BCUT2D eigenvalue weighted by molar-refractivity contribution is 0.0303. The van der Waals surface area contributed by atoms with E-state index < -0.39 is 10.0 Å². The van der Waals surface area contributed by atoms with Gasteiger partial charge in [-0.2, -0.15) is 0 Å². The van der Waals surface area contributed by atoms with E-state index >= 15 is 0 Å². The van der Waals surface area contributed by atoms with E-state index in [0.717, 1.165) is 17.7 Å². The van der Waals surface area contributed by atoms with Crippen LogP contribution in [0, 0.1) is 0 Å². The van der Waals surface area contributed by atoms with Crippen LogP contribution < -0.4 is 4.72 Å². The van der Waals surface area contributed by atoms with E-state index in [0.29, 0.717) is 45.0 Å². The molecule has 10 heteroatoms. The number of rotatable bonds is 6. The van der Waals surface area contributed by atoms with E-state index in [-0.39, 0.29) is 28.0 Å². The first-order valence-electron chi connectivity index (χ1n) is 10.9. The minimum Gasteiger partial charge on any atom is -0.378 e. The number of ether oxygens (including phenoxy) is 1. The number of carbonyl (C=O) groups is 2. The second kappa shape index (κ2) is 10.1. The molecule has 2 aromatic rings. The molecule has 0 radical (unpaired) electrons. The first-order valence-corrected chi connectivity index (χ1v) is 13.6. The minimum atomic E-state index is -4.03. The molecule has 2 heterocycles. The molecule has 0 atom stereocenters. The summed E-state index contributed by atoms with van der Waals surface area (Å²) in [6.07, 6.45) is 3.76. The maximum Gasteiger partial charge on any atom is 0.261 e. The molecular formula is C23H27N3O5S2. The minimum absolute atomic E-state index is 0.0172. The van der Waals surface area contributed by atoms with Crippen LogP contribution in [-0.2, 0) is 14.8 Å². The summed E-state index contributed by atoms with van der Waals surface area (Å²) in [6.45, 7) is 3.18. The summed E-state index contributed by atoms with van der Waals surface area (Å²) < 4.78 is 34.4. The van der Waals surface area contributed by atoms with Gasteiger partial charge in [-0.1, -0.05) is 12.1 Å². The van der Waals surface area contributed by atoms with Crippen LogP contribution >= 0.6 is 11.8 Å². The lowest BCUT2D eigenvalue weighted by Crippen LogP contribution is -2.41. The van der Waals surface area contributed by atoms with Gasteiger partial charge in [0.15, 0.2) is 0 Å². The van der Waals surface area contributed by atoms with Crippen LogP contribution in [0.3, 0.4) is 0 Å². The van der Waals surface area contributed by atoms with Crippen LogP contribution in [0.15, 0.2) is 52.3 Å². The van der Waals surface area contributed by atoms with Crippen LogP contribution in [0.1, 0.15) is 33.6 Å². The van der Waals surface area contributed by atoms with Gasteiger partial charge in [-0.05, 0) is 49.4 Å². The number of nitrogens with one attached hydrogen (secondary N) is 1. The van der Waals surface area contributed by atoms with Gasteiger partial charge >= 0.3 is 0 Å². The topological polar surface area (TPSA) is 96.0 Å². The van der Waals surface area contributed by atoms with Crippen molar-refractivity contribution in [2.24, 2.45) is 0 Å². The average Bonchev–Trinajstić information content (AvgIpc) is 3.38. The molecule has 0 saturated carbocycles. The van der Waals surface area contributed by atoms with Gasteiger partial charge < -0.3 is 14.5 Å². The summed E-state index contributed by atoms with van der Waals surface area (Å²) in [5.41, 5.74) is 0.859. The number of hydrogen-bond donors (Lipinski definition) is 1. The van der Waals surface area contributed by atoms with E-state index in [2.05, 4.69) is 4.72 Å². The number of amides is 2. The van der Waals surface area contributed by atoms with Crippen LogP contribution in [0.2, 0.25) is 0 Å². The molecule has 1 N–H and O–H groups in total. The third-order valence-corrected chi connectivity index (χ3v) is 7.96. The summed E-state index contributed by atoms with van der Waals surface area (Å²) in [5, 5.41) is 0. The number of nitrogens with zero attached hydrogens (tertiary/aromatic N) is 2. The van der Waals surface area contributed by atoms with Gasteiger partial charge in [-0.25, -0.2) is 8.42 Å². The summed E-state index contributed by atoms with van der Waals surface area (Å²) in [7, 11) is -4.03. The van der Waals surface area contributed by atoms with E-state index in [1.807, 2.05) is 6.26 Å². The van der Waals surface area contributed by atoms with Crippen LogP contribution in [0.5, 0.6) is 0 Å². The Morgan fingerprint density at radius 1 is 0.909 bits per heavy atom. The highest BCUT2D eigenvalue weighted by molar-refractivity contribution is 7.98. The SMILES string of the molecule is CSc1ccc(S(=O)(=O)Nc2ccccc2C(=O)N2CCOCC2)cc1C(=O)N1CCCC1. The largest absolute Gasteiger partial charge is 0.378 e. The molecule has 2 fully saturated rings. The van der Waals surface area contributed by atoms with Crippen molar-refractivity contribution >= 4 is 39.3 Å². The molecule has 2 aliphatic rings. The maximum atomic E-state index is 13.3. The number of likely N-dealkylation sites (tertiary alicyclic amines) is 1. The summed E-state index contributed by atoms with van der Waals surface area (Å²) in [4.78, 5) is 30.1. The molecule has 0 aliphatic carbocycles. The fourth-order valence-electron chi connectivity index (χ4n) is 4.01. The van der Waals surface area contributed by atoms with Gasteiger partial charge in [-0.15, -0.1) is 11.8 Å². The Balaban J connectivity index is 1.63. The highest BCUT2D eigenvalue weighted by Crippen LogP contribution is 2.28. The number of para-hydroxylation sites is 1. The normalized spacial score (nSPS) is 16.6. The predicted molar refractivity (Wildman–Crippen MR) is 127 cm³/mol. The lowest BCUT2D eigenvalue weighted by Gasteiger charge is -2.27. The van der Waals surface area contributed by atoms with Gasteiger partial charge in [0.2, 0.25) is 0 Å². The highest BCUT2D eigenvalue weighted by atomic mass is 32.2. The average molecular weight is 490 g/mol. The van der Waals surface area contributed by atoms with Gasteiger partial charge in [0.1, 0.15) is 0 Å². The Morgan fingerprint density at radius 3 is 2.24 bits per heavy atom. The van der Waals surface area contributed by atoms with Crippen molar-refractivity contribution in [2.75, 3.05) is 50.4 Å². The Hall–Kier alpha value is -2.56. The van der Waals surface area contributed by atoms with Crippen molar-refractivity contribution in [2.45, 2.75) is 22.6 Å². The van der Waals surface area contributed by atoms with Gasteiger partial charge in [0.25, 0.3) is 21.8 Å². The zero-order valence-corrected chi connectivity index (χ0v) is 20.1. The number of anilines is 1. The molecule has 4 rings (SSSR count). The second-order valence-electron chi connectivity index (χ2n) is 7.92. The van der Waals surface area contributed by atoms with Crippen LogP contribution in [0.25, 0.3) is 0 Å². The Kier molecular flexibility index (Phi) is 7.26. The molecule has 8 nitrogen and oxygen atoms in total. The molecule has 2 amide bonds. The Labute approximate surface area is 198 Å². The summed E-state index contributed by atoms with van der Waals surface area (Å²) >= 11 is 1.40. The van der Waals surface area contributed by atoms with E-state index in [1.54, 1.807) is 40.1 Å². The summed E-state index contributed by atoms with van der Waals surface area (Å²) in [5.74, 6) is -0.406. The van der Waals surface area contributed by atoms with Crippen molar-refractivity contribution < 1.29 is 22.7 Å². The predicted octanol–water partition coefficient (Wildman–Crippen LogP) is 2.92. The van der Waals surface area contributed by atoms with Crippen molar-refractivity contribution in [3.63, 3.8) is 0 Å². The number of benzene rings is 2. The molecule has 176 valence electrons. The number of carbonyl (C=O) groups excluding carboxylic acids is 2. The zero-order chi connectivity index (χ0) is 23.4.